The van der Waals surface area contributed by atoms with E-state index < -0.39 is 20.0 Å². The van der Waals surface area contributed by atoms with E-state index in [0.29, 0.717) is 11.1 Å². The molecular formula is C28H34N4O4S2. The summed E-state index contributed by atoms with van der Waals surface area (Å²) in [6.45, 7) is 3.42. The molecule has 38 heavy (non-hydrogen) atoms. The second kappa shape index (κ2) is 14.0. The van der Waals surface area contributed by atoms with Crippen LogP contribution in [0.15, 0.2) is 119 Å². The third-order valence-corrected chi connectivity index (χ3v) is 7.70. The van der Waals surface area contributed by atoms with Crippen LogP contribution in [0.3, 0.4) is 0 Å². The molecule has 0 saturated carbocycles. The van der Waals surface area contributed by atoms with Gasteiger partial charge in [0.15, 0.2) is 0 Å². The molecule has 0 heterocycles. The van der Waals surface area contributed by atoms with Gasteiger partial charge in [-0.05, 0) is 48.2 Å². The number of hydrogen-bond donors (Lipinski definition) is 4. The Morgan fingerprint density at radius 1 is 0.474 bits per heavy atom. The fraction of sp³-hybridized carbons (Fsp3) is 0.143. The number of primary sulfonamides is 2. The predicted octanol–water partition coefficient (Wildman–Crippen LogP) is 3.67. The van der Waals surface area contributed by atoms with E-state index in [4.69, 9.17) is 21.7 Å². The molecule has 4 rings (SSSR count). The molecule has 4 aromatic carbocycles. The Morgan fingerprint density at radius 2 is 0.737 bits per heavy atom. The first-order valence-electron chi connectivity index (χ1n) is 11.6. The minimum Gasteiger partial charge on any atom is -0.322 e. The van der Waals surface area contributed by atoms with E-state index in [1.807, 2.05) is 60.7 Å². The van der Waals surface area contributed by atoms with Gasteiger partial charge in [0.25, 0.3) is 0 Å². The van der Waals surface area contributed by atoms with Gasteiger partial charge in [-0.3, -0.25) is 0 Å². The largest absolute Gasteiger partial charge is 0.322 e. The SMILES string of the molecule is Cc1ccccc1S(N)(=O)=O.Cc1ccccc1S(N)(=O)=O.N[C@@H](c1ccccc1)[C@@H](N)c1ccccc1. The van der Waals surface area contributed by atoms with E-state index in [-0.39, 0.29) is 21.9 Å². The van der Waals surface area contributed by atoms with Crippen molar-refractivity contribution in [1.82, 2.24) is 0 Å². The highest BCUT2D eigenvalue weighted by Crippen LogP contribution is 2.23. The highest BCUT2D eigenvalue weighted by atomic mass is 32.2. The monoisotopic (exact) mass is 554 g/mol. The summed E-state index contributed by atoms with van der Waals surface area (Å²) < 4.78 is 43.3. The molecule has 4 aromatic rings. The smallest absolute Gasteiger partial charge is 0.238 e. The Balaban J connectivity index is 0.000000206. The van der Waals surface area contributed by atoms with Crippen LogP contribution in [0.2, 0.25) is 0 Å². The number of hydrogen-bond acceptors (Lipinski definition) is 6. The van der Waals surface area contributed by atoms with Gasteiger partial charge in [-0.25, -0.2) is 27.1 Å². The second-order valence-electron chi connectivity index (χ2n) is 8.49. The van der Waals surface area contributed by atoms with Crippen molar-refractivity contribution in [3.8, 4) is 0 Å². The summed E-state index contributed by atoms with van der Waals surface area (Å²) in [6, 6.07) is 32.8. The average Bonchev–Trinajstić information content (AvgIpc) is 2.89. The Kier molecular flexibility index (Phi) is 11.3. The van der Waals surface area contributed by atoms with E-state index in [1.165, 1.54) is 12.1 Å². The lowest BCUT2D eigenvalue weighted by atomic mass is 9.95. The molecule has 2 atom stereocenters. The van der Waals surface area contributed by atoms with E-state index in [0.717, 1.165) is 11.1 Å². The van der Waals surface area contributed by atoms with E-state index >= 15 is 0 Å². The zero-order chi connectivity index (χ0) is 28.3. The summed E-state index contributed by atoms with van der Waals surface area (Å²) in [5, 5.41) is 9.86. The van der Waals surface area contributed by atoms with Crippen molar-refractivity contribution in [2.75, 3.05) is 0 Å². The first-order chi connectivity index (χ1) is 17.8. The summed E-state index contributed by atoms with van der Waals surface area (Å²) in [6.07, 6.45) is 0. The topological polar surface area (TPSA) is 172 Å². The van der Waals surface area contributed by atoms with E-state index in [9.17, 15) is 16.8 Å². The quantitative estimate of drug-likeness (QED) is 0.293. The summed E-state index contributed by atoms with van der Waals surface area (Å²) in [5.74, 6) is 0. The third-order valence-electron chi connectivity index (χ3n) is 5.56. The highest BCUT2D eigenvalue weighted by molar-refractivity contribution is 7.89. The number of aryl methyl sites for hydroxylation is 2. The van der Waals surface area contributed by atoms with Crippen LogP contribution in [0.4, 0.5) is 0 Å². The van der Waals surface area contributed by atoms with Crippen LogP contribution >= 0.6 is 0 Å². The van der Waals surface area contributed by atoms with Crippen LogP contribution in [0.5, 0.6) is 0 Å². The highest BCUT2D eigenvalue weighted by Gasteiger charge is 2.16. The van der Waals surface area contributed by atoms with Crippen LogP contribution < -0.4 is 21.7 Å². The van der Waals surface area contributed by atoms with Gasteiger partial charge in [-0.2, -0.15) is 0 Å². The maximum Gasteiger partial charge on any atom is 0.238 e. The zero-order valence-electron chi connectivity index (χ0n) is 21.3. The minimum atomic E-state index is -3.53. The lowest BCUT2D eigenvalue weighted by Gasteiger charge is -2.20. The van der Waals surface area contributed by atoms with Crippen molar-refractivity contribution in [2.45, 2.75) is 35.7 Å². The molecule has 0 amide bonds. The lowest BCUT2D eigenvalue weighted by Crippen LogP contribution is -2.26. The minimum absolute atomic E-state index is 0.163. The van der Waals surface area contributed by atoms with Crippen molar-refractivity contribution in [3.05, 3.63) is 131 Å². The maximum atomic E-state index is 10.8. The van der Waals surface area contributed by atoms with Gasteiger partial charge in [0.2, 0.25) is 20.0 Å². The van der Waals surface area contributed by atoms with Gasteiger partial charge in [0.05, 0.1) is 9.79 Å². The zero-order valence-corrected chi connectivity index (χ0v) is 22.9. The fourth-order valence-corrected chi connectivity index (χ4v) is 5.09. The molecule has 0 aliphatic carbocycles. The molecule has 0 radical (unpaired) electrons. The standard InChI is InChI=1S/C14H16N2.2C7H9NO2S/c15-13(11-7-3-1-4-8-11)14(16)12-9-5-2-6-10-12;2*1-6-4-2-3-5-7(6)11(8,9)10/h1-10,13-14H,15-16H2;2*2-5H,1H3,(H2,8,9,10)/t13-,14-;;/m0../s1. The predicted molar refractivity (Wildman–Crippen MR) is 152 cm³/mol. The molecule has 8 nitrogen and oxygen atoms in total. The fourth-order valence-electron chi connectivity index (χ4n) is 3.52. The Bertz CT molecular complexity index is 1400. The van der Waals surface area contributed by atoms with Gasteiger partial charge < -0.3 is 11.5 Å². The summed E-state index contributed by atoms with van der Waals surface area (Å²) >= 11 is 0. The summed E-state index contributed by atoms with van der Waals surface area (Å²) in [7, 11) is -7.07. The molecule has 0 aliphatic rings. The van der Waals surface area contributed by atoms with Gasteiger partial charge in [-0.15, -0.1) is 0 Å². The second-order valence-corrected chi connectivity index (χ2v) is 11.6. The molecular weight excluding hydrogens is 520 g/mol. The van der Waals surface area contributed by atoms with Crippen LogP contribution in [0, 0.1) is 13.8 Å². The maximum absolute atomic E-state index is 10.8. The Labute approximate surface area is 225 Å². The summed E-state index contributed by atoms with van der Waals surface area (Å²) in [5.41, 5.74) is 15.8. The molecule has 0 aromatic heterocycles. The van der Waals surface area contributed by atoms with Crippen molar-refractivity contribution in [2.24, 2.45) is 21.7 Å². The van der Waals surface area contributed by atoms with Gasteiger partial charge in [0, 0.05) is 12.1 Å². The molecule has 0 bridgehead atoms. The number of nitrogens with two attached hydrogens (primary N) is 4. The molecule has 10 heteroatoms. The van der Waals surface area contributed by atoms with Crippen LogP contribution in [0.25, 0.3) is 0 Å². The first-order valence-corrected chi connectivity index (χ1v) is 14.7. The van der Waals surface area contributed by atoms with Crippen molar-refractivity contribution >= 4 is 20.0 Å². The molecule has 0 aliphatic heterocycles. The van der Waals surface area contributed by atoms with Crippen LogP contribution in [0.1, 0.15) is 34.3 Å². The van der Waals surface area contributed by atoms with Gasteiger partial charge in [-0.1, -0.05) is 97.1 Å². The molecule has 0 saturated heterocycles. The number of rotatable bonds is 5. The number of sulfonamides is 2. The number of benzene rings is 4. The lowest BCUT2D eigenvalue weighted by molar-refractivity contribution is 0.574. The molecule has 0 unspecified atom stereocenters. The molecule has 202 valence electrons. The van der Waals surface area contributed by atoms with Crippen molar-refractivity contribution < 1.29 is 16.8 Å². The van der Waals surface area contributed by atoms with Crippen LogP contribution in [-0.4, -0.2) is 16.8 Å². The van der Waals surface area contributed by atoms with Crippen molar-refractivity contribution in [3.63, 3.8) is 0 Å². The Morgan fingerprint density at radius 3 is 0.974 bits per heavy atom. The first kappa shape index (κ1) is 30.8. The van der Waals surface area contributed by atoms with Gasteiger partial charge in [0.1, 0.15) is 0 Å². The van der Waals surface area contributed by atoms with E-state index in [2.05, 4.69) is 0 Å². The normalized spacial score (nSPS) is 12.7. The van der Waals surface area contributed by atoms with E-state index in [1.54, 1.807) is 50.2 Å². The molecule has 0 spiro atoms. The summed E-state index contributed by atoms with van der Waals surface area (Å²) in [4.78, 5) is 0.389. The van der Waals surface area contributed by atoms with Crippen LogP contribution in [-0.2, 0) is 20.0 Å². The van der Waals surface area contributed by atoms with Crippen molar-refractivity contribution in [1.29, 1.82) is 0 Å². The third kappa shape index (κ3) is 9.49. The average molecular weight is 555 g/mol. The molecule has 8 N–H and O–H groups in total. The Hall–Kier alpha value is -3.38. The van der Waals surface area contributed by atoms with Gasteiger partial charge >= 0.3 is 0 Å². The molecule has 0 fully saturated rings.